The molecule has 2 aromatic heterocycles. The summed E-state index contributed by atoms with van der Waals surface area (Å²) in [6, 6.07) is 13.0. The molecule has 0 aliphatic carbocycles. The molecule has 4 aromatic rings. The van der Waals surface area contributed by atoms with Gasteiger partial charge in [-0.25, -0.2) is 4.68 Å². The smallest absolute Gasteiger partial charge is 0.256 e. The lowest BCUT2D eigenvalue weighted by Gasteiger charge is -2.18. The zero-order chi connectivity index (χ0) is 29.3. The minimum absolute atomic E-state index is 0.123. The van der Waals surface area contributed by atoms with Crippen LogP contribution >= 0.6 is 23.2 Å². The number of H-pyrrole nitrogens is 1. The van der Waals surface area contributed by atoms with E-state index in [0.29, 0.717) is 27.7 Å². The van der Waals surface area contributed by atoms with Gasteiger partial charge in [-0.2, -0.15) is 5.10 Å². The molecule has 0 unspecified atom stereocenters. The first-order valence-electron chi connectivity index (χ1n) is 13.6. The molecule has 212 valence electrons. The molecule has 2 aromatic carbocycles. The Bertz CT molecular complexity index is 1660. The van der Waals surface area contributed by atoms with Crippen molar-refractivity contribution in [2.45, 2.75) is 27.7 Å². The first-order valence-corrected chi connectivity index (χ1v) is 14.3. The van der Waals surface area contributed by atoms with Crippen molar-refractivity contribution < 1.29 is 9.59 Å². The molecule has 0 spiro atoms. The molecule has 0 atom stereocenters. The summed E-state index contributed by atoms with van der Waals surface area (Å²) in [6.45, 7) is 11.2. The molecule has 8 nitrogen and oxygen atoms in total. The Balaban J connectivity index is 1.45. The predicted octanol–water partition coefficient (Wildman–Crippen LogP) is 6.36. The fraction of sp³-hybridized carbons (Fsp3) is 0.258. The Labute approximate surface area is 249 Å². The van der Waals surface area contributed by atoms with Gasteiger partial charge >= 0.3 is 0 Å². The molecule has 1 aliphatic heterocycles. The number of halogens is 2. The summed E-state index contributed by atoms with van der Waals surface area (Å²) in [7, 11) is 0. The van der Waals surface area contributed by atoms with Crippen molar-refractivity contribution >= 4 is 52.4 Å². The number of carbonyl (C=O) groups is 2. The van der Waals surface area contributed by atoms with Crippen LogP contribution in [0.1, 0.15) is 46.7 Å². The second kappa shape index (κ2) is 11.9. The number of carbonyl (C=O) groups excluding carboxylic acids is 2. The quantitative estimate of drug-likeness (QED) is 0.198. The van der Waals surface area contributed by atoms with E-state index in [-0.39, 0.29) is 11.8 Å². The lowest BCUT2D eigenvalue weighted by Crippen LogP contribution is -2.35. The summed E-state index contributed by atoms with van der Waals surface area (Å²) in [5.41, 5.74) is 7.37. The number of nitrogens with one attached hydrogen (secondary N) is 3. The molecule has 2 amide bonds. The van der Waals surface area contributed by atoms with Gasteiger partial charge in [0.1, 0.15) is 0 Å². The van der Waals surface area contributed by atoms with Gasteiger partial charge in [-0.1, -0.05) is 43.1 Å². The Morgan fingerprint density at radius 2 is 1.85 bits per heavy atom. The molecule has 0 bridgehead atoms. The maximum Gasteiger partial charge on any atom is 0.256 e. The Morgan fingerprint density at radius 3 is 2.59 bits per heavy atom. The zero-order valence-electron chi connectivity index (χ0n) is 23.4. The highest BCUT2D eigenvalue weighted by Gasteiger charge is 2.27. The van der Waals surface area contributed by atoms with Crippen LogP contribution < -0.4 is 10.6 Å². The molecule has 5 rings (SSSR count). The third-order valence-corrected chi connectivity index (χ3v) is 8.23. The first-order chi connectivity index (χ1) is 19.7. The Kier molecular flexibility index (Phi) is 8.35. The van der Waals surface area contributed by atoms with E-state index in [9.17, 15) is 9.59 Å². The molecular weight excluding hydrogens is 559 g/mol. The molecule has 1 aliphatic rings. The molecule has 0 fully saturated rings. The van der Waals surface area contributed by atoms with Crippen molar-refractivity contribution in [3.05, 3.63) is 86.8 Å². The fourth-order valence-electron chi connectivity index (χ4n) is 5.19. The van der Waals surface area contributed by atoms with Gasteiger partial charge in [0.05, 0.1) is 38.8 Å². The molecule has 0 radical (unpaired) electrons. The number of benzene rings is 2. The minimum Gasteiger partial charge on any atom is -0.358 e. The summed E-state index contributed by atoms with van der Waals surface area (Å²) >= 11 is 12.4. The highest BCUT2D eigenvalue weighted by Crippen LogP contribution is 2.37. The maximum atomic E-state index is 13.1. The summed E-state index contributed by atoms with van der Waals surface area (Å²) in [5, 5.41) is 11.4. The third kappa shape index (κ3) is 5.68. The van der Waals surface area contributed by atoms with E-state index in [1.807, 2.05) is 50.3 Å². The fourth-order valence-corrected chi connectivity index (χ4v) is 5.49. The second-order valence-corrected chi connectivity index (χ2v) is 10.8. The number of hydrogen-bond donors (Lipinski definition) is 3. The van der Waals surface area contributed by atoms with Crippen LogP contribution in [-0.2, 0) is 4.79 Å². The molecular formula is C31H32Cl2N6O2. The number of amides is 2. The summed E-state index contributed by atoms with van der Waals surface area (Å²) in [5.74, 6) is -0.325. The van der Waals surface area contributed by atoms with Crippen molar-refractivity contribution in [3.63, 3.8) is 0 Å². The lowest BCUT2D eigenvalue weighted by atomic mass is 10.0. The van der Waals surface area contributed by atoms with Crippen molar-refractivity contribution in [3.8, 4) is 16.9 Å². The maximum absolute atomic E-state index is 13.1. The van der Waals surface area contributed by atoms with E-state index in [1.54, 1.807) is 23.0 Å². The Morgan fingerprint density at radius 1 is 1.07 bits per heavy atom. The van der Waals surface area contributed by atoms with Gasteiger partial charge in [-0.15, -0.1) is 0 Å². The molecule has 41 heavy (non-hydrogen) atoms. The van der Waals surface area contributed by atoms with Crippen LogP contribution in [0.25, 0.3) is 28.6 Å². The van der Waals surface area contributed by atoms with E-state index >= 15 is 0 Å². The molecule has 10 heteroatoms. The van der Waals surface area contributed by atoms with Crippen molar-refractivity contribution in [2.24, 2.45) is 0 Å². The average Bonchev–Trinajstić information content (AvgIpc) is 3.64. The van der Waals surface area contributed by atoms with E-state index in [2.05, 4.69) is 39.5 Å². The summed E-state index contributed by atoms with van der Waals surface area (Å²) < 4.78 is 1.78. The molecule has 3 N–H and O–H groups in total. The number of nitrogens with zero attached hydrogens (tertiary/aromatic N) is 3. The number of hydrogen-bond acceptors (Lipinski definition) is 4. The number of likely N-dealkylation sites (N-methyl/N-ethyl adjacent to an activating group) is 1. The van der Waals surface area contributed by atoms with Gasteiger partial charge in [0, 0.05) is 41.3 Å². The molecule has 3 heterocycles. The number of rotatable bonds is 9. The van der Waals surface area contributed by atoms with Gasteiger partial charge in [0.2, 0.25) is 0 Å². The van der Waals surface area contributed by atoms with Gasteiger partial charge in [0.15, 0.2) is 0 Å². The molecule has 0 saturated carbocycles. The number of aromatic nitrogens is 3. The molecule has 0 saturated heterocycles. The van der Waals surface area contributed by atoms with E-state index in [0.717, 1.165) is 64.8 Å². The monoisotopic (exact) mass is 590 g/mol. The lowest BCUT2D eigenvalue weighted by molar-refractivity contribution is -0.110. The van der Waals surface area contributed by atoms with Crippen molar-refractivity contribution in [2.75, 3.05) is 31.5 Å². The van der Waals surface area contributed by atoms with Gasteiger partial charge in [-0.3, -0.25) is 9.59 Å². The topological polar surface area (TPSA) is 95.1 Å². The standard InChI is InChI=1S/C31H32Cl2N6O2/c1-5-38(6-2)14-13-34-31(41)29-18(3)27(36-19(29)4)17-23-22-15-20(7-10-26(22)37-30(23)40)28-11-12-35-39(28)21-8-9-24(32)25(33)16-21/h7-12,15-17,36H,5-6,13-14H2,1-4H3,(H,34,41)(H,37,40). The van der Waals surface area contributed by atoms with Gasteiger partial charge in [-0.05, 0) is 75.0 Å². The van der Waals surface area contributed by atoms with Gasteiger partial charge in [0.25, 0.3) is 11.8 Å². The zero-order valence-corrected chi connectivity index (χ0v) is 25.0. The SMILES string of the molecule is CCN(CC)CCNC(=O)c1c(C)[nH]c(C=C2C(=O)Nc3ccc(-c4ccnn4-c4ccc(Cl)c(Cl)c4)cc32)c1C. The van der Waals surface area contributed by atoms with Crippen LogP contribution in [0.2, 0.25) is 10.0 Å². The van der Waals surface area contributed by atoms with Crippen molar-refractivity contribution in [1.29, 1.82) is 0 Å². The van der Waals surface area contributed by atoms with Crippen molar-refractivity contribution in [1.82, 2.24) is 25.0 Å². The highest BCUT2D eigenvalue weighted by molar-refractivity contribution is 6.42. The van der Waals surface area contributed by atoms with Crippen LogP contribution in [0.5, 0.6) is 0 Å². The van der Waals surface area contributed by atoms with E-state index in [4.69, 9.17) is 23.2 Å². The summed E-state index contributed by atoms with van der Waals surface area (Å²) in [4.78, 5) is 31.7. The minimum atomic E-state index is -0.202. The predicted molar refractivity (Wildman–Crippen MR) is 166 cm³/mol. The normalized spacial score (nSPS) is 13.6. The van der Waals surface area contributed by atoms with Crippen LogP contribution in [0, 0.1) is 13.8 Å². The number of anilines is 1. The first kappa shape index (κ1) is 28.7. The van der Waals surface area contributed by atoms with Gasteiger partial charge < -0.3 is 20.5 Å². The number of aromatic amines is 1. The van der Waals surface area contributed by atoms with Crippen LogP contribution in [0.3, 0.4) is 0 Å². The van der Waals surface area contributed by atoms with Crippen LogP contribution in [0.15, 0.2) is 48.7 Å². The Hall–Kier alpha value is -3.85. The average molecular weight is 592 g/mol. The number of aryl methyl sites for hydroxylation is 1. The second-order valence-electron chi connectivity index (χ2n) is 9.95. The van der Waals surface area contributed by atoms with Crippen LogP contribution in [-0.4, -0.2) is 57.7 Å². The van der Waals surface area contributed by atoms with E-state index in [1.165, 1.54) is 0 Å². The third-order valence-electron chi connectivity index (χ3n) is 7.49. The largest absolute Gasteiger partial charge is 0.358 e. The van der Waals surface area contributed by atoms with Crippen LogP contribution in [0.4, 0.5) is 5.69 Å². The number of fused-ring (bicyclic) bond motifs is 1. The highest BCUT2D eigenvalue weighted by atomic mass is 35.5. The van der Waals surface area contributed by atoms with E-state index < -0.39 is 0 Å². The summed E-state index contributed by atoms with van der Waals surface area (Å²) in [6.07, 6.45) is 3.53.